The highest BCUT2D eigenvalue weighted by atomic mass is 16.6. The van der Waals surface area contributed by atoms with E-state index in [-0.39, 0.29) is 24.5 Å². The molecule has 0 spiro atoms. The summed E-state index contributed by atoms with van der Waals surface area (Å²) in [6, 6.07) is 0. The van der Waals surface area contributed by atoms with Gasteiger partial charge in [-0.25, -0.2) is 0 Å². The minimum absolute atomic E-state index is 0.00693. The van der Waals surface area contributed by atoms with Gasteiger partial charge in [0.15, 0.2) is 0 Å². The van der Waals surface area contributed by atoms with Crippen molar-refractivity contribution >= 4 is 11.9 Å². The number of hydrogen-bond donors (Lipinski definition) is 2. The molecule has 0 saturated carbocycles. The fraction of sp³-hybridized carbons (Fsp3) is 0.818. The Kier molecular flexibility index (Phi) is 3.63. The monoisotopic (exact) mass is 244 g/mol. The lowest BCUT2D eigenvalue weighted by molar-refractivity contribution is -0.146. The van der Waals surface area contributed by atoms with Crippen molar-refractivity contribution in [2.75, 3.05) is 13.2 Å². The molecule has 4 atom stereocenters. The molecule has 2 rings (SSSR count). The SMILES string of the molecule is O=C(O)CC(CC1CO1)C(CC1CO1)C(=O)O. The second kappa shape index (κ2) is 5.01. The second-order valence-electron chi connectivity index (χ2n) is 4.68. The van der Waals surface area contributed by atoms with Crippen LogP contribution in [-0.2, 0) is 19.1 Å². The lowest BCUT2D eigenvalue weighted by Gasteiger charge is -2.21. The normalized spacial score (nSPS) is 29.4. The summed E-state index contributed by atoms with van der Waals surface area (Å²) < 4.78 is 10.1. The first-order valence-electron chi connectivity index (χ1n) is 5.74. The molecule has 2 saturated heterocycles. The van der Waals surface area contributed by atoms with Crippen molar-refractivity contribution in [3.63, 3.8) is 0 Å². The van der Waals surface area contributed by atoms with Crippen molar-refractivity contribution in [3.05, 3.63) is 0 Å². The Balaban J connectivity index is 1.96. The first-order chi connectivity index (χ1) is 8.06. The maximum Gasteiger partial charge on any atom is 0.306 e. The molecule has 0 aliphatic carbocycles. The average Bonchev–Trinajstić information content (AvgIpc) is 3.07. The molecule has 2 fully saturated rings. The number of hydrogen-bond acceptors (Lipinski definition) is 4. The Morgan fingerprint density at radius 3 is 2.06 bits per heavy atom. The molecule has 0 aromatic rings. The molecule has 6 nitrogen and oxygen atoms in total. The number of carbonyl (C=O) groups is 2. The third-order valence-corrected chi connectivity index (χ3v) is 3.21. The fourth-order valence-corrected chi connectivity index (χ4v) is 2.14. The summed E-state index contributed by atoms with van der Waals surface area (Å²) in [7, 11) is 0. The summed E-state index contributed by atoms with van der Waals surface area (Å²) in [4.78, 5) is 22.0. The first kappa shape index (κ1) is 12.3. The molecule has 96 valence electrons. The van der Waals surface area contributed by atoms with Crippen LogP contribution >= 0.6 is 0 Å². The van der Waals surface area contributed by atoms with Gasteiger partial charge in [0.05, 0.1) is 31.3 Å². The first-order valence-corrected chi connectivity index (χ1v) is 5.74. The quantitative estimate of drug-likeness (QED) is 0.598. The zero-order valence-corrected chi connectivity index (χ0v) is 9.37. The molecule has 6 heteroatoms. The van der Waals surface area contributed by atoms with Crippen LogP contribution in [0.3, 0.4) is 0 Å². The Morgan fingerprint density at radius 2 is 1.65 bits per heavy atom. The highest BCUT2D eigenvalue weighted by Gasteiger charge is 2.39. The van der Waals surface area contributed by atoms with Gasteiger partial charge in [0.1, 0.15) is 0 Å². The van der Waals surface area contributed by atoms with Crippen LogP contribution in [0.2, 0.25) is 0 Å². The predicted octanol–water partition coefficient (Wildman–Crippen LogP) is 0.356. The molecule has 2 aliphatic heterocycles. The topological polar surface area (TPSA) is 99.7 Å². The molecular formula is C11H16O6. The number of rotatable bonds is 8. The number of ether oxygens (including phenoxy) is 2. The summed E-state index contributed by atoms with van der Waals surface area (Å²) >= 11 is 0. The van der Waals surface area contributed by atoms with E-state index < -0.39 is 17.9 Å². The summed E-state index contributed by atoms with van der Waals surface area (Å²) in [5.41, 5.74) is 0. The highest BCUT2D eigenvalue weighted by Crippen LogP contribution is 2.33. The van der Waals surface area contributed by atoms with E-state index in [1.165, 1.54) is 0 Å². The second-order valence-corrected chi connectivity index (χ2v) is 4.68. The zero-order valence-electron chi connectivity index (χ0n) is 9.37. The predicted molar refractivity (Wildman–Crippen MR) is 55.6 cm³/mol. The van der Waals surface area contributed by atoms with Crippen molar-refractivity contribution < 1.29 is 29.3 Å². The van der Waals surface area contributed by atoms with Gasteiger partial charge in [0.25, 0.3) is 0 Å². The van der Waals surface area contributed by atoms with Crippen LogP contribution in [0.25, 0.3) is 0 Å². The molecule has 0 amide bonds. The molecule has 2 heterocycles. The van der Waals surface area contributed by atoms with Gasteiger partial charge >= 0.3 is 11.9 Å². The highest BCUT2D eigenvalue weighted by molar-refractivity contribution is 5.73. The number of carboxylic acid groups (broad SMARTS) is 2. The van der Waals surface area contributed by atoms with Crippen LogP contribution in [0, 0.1) is 11.8 Å². The third-order valence-electron chi connectivity index (χ3n) is 3.21. The van der Waals surface area contributed by atoms with E-state index >= 15 is 0 Å². The van der Waals surface area contributed by atoms with Crippen LogP contribution < -0.4 is 0 Å². The van der Waals surface area contributed by atoms with Gasteiger partial charge in [0.2, 0.25) is 0 Å². The molecule has 2 aliphatic rings. The van der Waals surface area contributed by atoms with Crippen LogP contribution in [0.1, 0.15) is 19.3 Å². The third kappa shape index (κ3) is 3.98. The van der Waals surface area contributed by atoms with E-state index in [0.717, 1.165) is 0 Å². The van der Waals surface area contributed by atoms with E-state index in [9.17, 15) is 14.7 Å². The minimum atomic E-state index is -0.960. The van der Waals surface area contributed by atoms with Crippen molar-refractivity contribution in [3.8, 4) is 0 Å². The van der Waals surface area contributed by atoms with Gasteiger partial charge in [-0.05, 0) is 18.8 Å². The van der Waals surface area contributed by atoms with Gasteiger partial charge in [0, 0.05) is 6.42 Å². The smallest absolute Gasteiger partial charge is 0.306 e. The van der Waals surface area contributed by atoms with Crippen LogP contribution in [-0.4, -0.2) is 47.6 Å². The standard InChI is InChI=1S/C11H16O6/c12-10(13)2-6(1-7-4-16-7)9(11(14)15)3-8-5-17-8/h6-9H,1-5H2,(H,12,13)(H,14,15). The number of carboxylic acids is 2. The Bertz CT molecular complexity index is 307. The van der Waals surface area contributed by atoms with Gasteiger partial charge in [-0.2, -0.15) is 0 Å². The average molecular weight is 244 g/mol. The van der Waals surface area contributed by atoms with Crippen molar-refractivity contribution in [2.24, 2.45) is 11.8 Å². The summed E-state index contributed by atoms with van der Waals surface area (Å²) in [5, 5.41) is 18.0. The lowest BCUT2D eigenvalue weighted by Crippen LogP contribution is -2.28. The Hall–Kier alpha value is -1.14. The zero-order chi connectivity index (χ0) is 12.4. The van der Waals surface area contributed by atoms with Crippen LogP contribution in [0.4, 0.5) is 0 Å². The van der Waals surface area contributed by atoms with E-state index in [0.29, 0.717) is 26.1 Å². The molecule has 0 aromatic heterocycles. The number of aliphatic carboxylic acids is 2. The van der Waals surface area contributed by atoms with Crippen molar-refractivity contribution in [1.82, 2.24) is 0 Å². The minimum Gasteiger partial charge on any atom is -0.481 e. The van der Waals surface area contributed by atoms with Crippen molar-refractivity contribution in [1.29, 1.82) is 0 Å². The Labute approximate surface area is 98.5 Å². The molecule has 4 unspecified atom stereocenters. The molecular weight excluding hydrogens is 228 g/mol. The van der Waals surface area contributed by atoms with Crippen LogP contribution in [0.15, 0.2) is 0 Å². The molecule has 2 N–H and O–H groups in total. The molecule has 0 radical (unpaired) electrons. The van der Waals surface area contributed by atoms with E-state index in [1.807, 2.05) is 0 Å². The van der Waals surface area contributed by atoms with E-state index in [4.69, 9.17) is 14.6 Å². The van der Waals surface area contributed by atoms with E-state index in [2.05, 4.69) is 0 Å². The summed E-state index contributed by atoms with van der Waals surface area (Å²) in [5.74, 6) is -2.92. The van der Waals surface area contributed by atoms with Gasteiger partial charge in [-0.15, -0.1) is 0 Å². The Morgan fingerprint density at radius 1 is 1.12 bits per heavy atom. The number of epoxide rings is 2. The maximum atomic E-state index is 11.2. The molecule has 0 aromatic carbocycles. The molecule has 17 heavy (non-hydrogen) atoms. The largest absolute Gasteiger partial charge is 0.481 e. The van der Waals surface area contributed by atoms with Gasteiger partial charge in [-0.3, -0.25) is 9.59 Å². The molecule has 0 bridgehead atoms. The van der Waals surface area contributed by atoms with Crippen molar-refractivity contribution in [2.45, 2.75) is 31.5 Å². The maximum absolute atomic E-state index is 11.2. The van der Waals surface area contributed by atoms with Gasteiger partial charge < -0.3 is 19.7 Å². The fourth-order valence-electron chi connectivity index (χ4n) is 2.14. The summed E-state index contributed by atoms with van der Waals surface area (Å²) in [6.07, 6.45) is 0.827. The lowest BCUT2D eigenvalue weighted by atomic mass is 9.83. The van der Waals surface area contributed by atoms with Crippen LogP contribution in [0.5, 0.6) is 0 Å². The van der Waals surface area contributed by atoms with E-state index in [1.54, 1.807) is 0 Å². The van der Waals surface area contributed by atoms with Gasteiger partial charge in [-0.1, -0.05) is 0 Å². The summed E-state index contributed by atoms with van der Waals surface area (Å²) in [6.45, 7) is 1.20.